The number of hydrogen-bond acceptors (Lipinski definition) is 3. The van der Waals surface area contributed by atoms with Crippen molar-refractivity contribution >= 4 is 26.9 Å². The van der Waals surface area contributed by atoms with Crippen LogP contribution in [-0.4, -0.2) is 7.11 Å². The normalized spacial score (nSPS) is 10.9. The largest absolute Gasteiger partial charge is 0.495 e. The maximum atomic E-state index is 5.99. The molecule has 0 saturated heterocycles. The van der Waals surface area contributed by atoms with E-state index in [1.807, 2.05) is 49.4 Å². The molecule has 0 aliphatic carbocycles. The summed E-state index contributed by atoms with van der Waals surface area (Å²) in [7, 11) is 1.66. The van der Waals surface area contributed by atoms with Gasteiger partial charge in [-0.15, -0.1) is 0 Å². The van der Waals surface area contributed by atoms with Gasteiger partial charge in [-0.25, -0.2) is 0 Å². The maximum Gasteiger partial charge on any atom is 0.146 e. The highest BCUT2D eigenvalue weighted by molar-refractivity contribution is 9.10. The first-order chi connectivity index (χ1) is 13.2. The van der Waals surface area contributed by atoms with Gasteiger partial charge in [0.2, 0.25) is 0 Å². The minimum Gasteiger partial charge on any atom is -0.495 e. The standard InChI is InChI=1S/C23H19BrO3/c1-15-21(27-20-13-12-19(24)23(25-2)22(15)20)14-26-18-10-8-17(9-11-18)16-6-4-3-5-7-16/h3-13H,14H2,1-2H3. The molecule has 0 amide bonds. The number of aryl methyl sites for hydroxylation is 1. The average Bonchev–Trinajstić information content (AvgIpc) is 3.03. The van der Waals surface area contributed by atoms with Gasteiger partial charge >= 0.3 is 0 Å². The van der Waals surface area contributed by atoms with Crippen molar-refractivity contribution in [2.45, 2.75) is 13.5 Å². The van der Waals surface area contributed by atoms with Crippen LogP contribution in [0.4, 0.5) is 0 Å². The molecule has 0 atom stereocenters. The monoisotopic (exact) mass is 422 g/mol. The van der Waals surface area contributed by atoms with Crippen LogP contribution >= 0.6 is 15.9 Å². The summed E-state index contributed by atoms with van der Waals surface area (Å²) in [5.41, 5.74) is 4.18. The predicted molar refractivity (Wildman–Crippen MR) is 111 cm³/mol. The van der Waals surface area contributed by atoms with E-state index in [2.05, 4.69) is 40.2 Å². The van der Waals surface area contributed by atoms with E-state index < -0.39 is 0 Å². The molecule has 4 heteroatoms. The van der Waals surface area contributed by atoms with E-state index in [9.17, 15) is 0 Å². The zero-order chi connectivity index (χ0) is 18.8. The molecule has 0 spiro atoms. The molecular weight excluding hydrogens is 404 g/mol. The number of halogens is 1. The average molecular weight is 423 g/mol. The van der Waals surface area contributed by atoms with Crippen molar-refractivity contribution in [3.63, 3.8) is 0 Å². The Balaban J connectivity index is 1.54. The summed E-state index contributed by atoms with van der Waals surface area (Å²) in [5, 5.41) is 0.977. The van der Waals surface area contributed by atoms with Gasteiger partial charge in [0, 0.05) is 5.56 Å². The van der Waals surface area contributed by atoms with Gasteiger partial charge in [-0.2, -0.15) is 0 Å². The fraction of sp³-hybridized carbons (Fsp3) is 0.130. The maximum absolute atomic E-state index is 5.99. The van der Waals surface area contributed by atoms with Crippen LogP contribution in [-0.2, 0) is 6.61 Å². The van der Waals surface area contributed by atoms with Crippen LogP contribution in [0.1, 0.15) is 11.3 Å². The molecule has 3 aromatic carbocycles. The highest BCUT2D eigenvalue weighted by atomic mass is 79.9. The lowest BCUT2D eigenvalue weighted by Gasteiger charge is -2.07. The van der Waals surface area contributed by atoms with E-state index in [1.165, 1.54) is 5.56 Å². The molecule has 3 nitrogen and oxygen atoms in total. The van der Waals surface area contributed by atoms with Crippen molar-refractivity contribution in [3.8, 4) is 22.6 Å². The molecule has 1 aromatic heterocycles. The van der Waals surface area contributed by atoms with Crippen LogP contribution in [0.15, 0.2) is 75.6 Å². The minimum absolute atomic E-state index is 0.367. The van der Waals surface area contributed by atoms with Crippen LogP contribution in [0.2, 0.25) is 0 Å². The lowest BCUT2D eigenvalue weighted by Crippen LogP contribution is -1.95. The Morgan fingerprint density at radius 1 is 0.889 bits per heavy atom. The Kier molecular flexibility index (Phi) is 4.90. The van der Waals surface area contributed by atoms with Crippen molar-refractivity contribution < 1.29 is 13.9 Å². The number of rotatable bonds is 5. The fourth-order valence-electron chi connectivity index (χ4n) is 3.19. The van der Waals surface area contributed by atoms with Gasteiger partial charge in [0.05, 0.1) is 17.0 Å². The van der Waals surface area contributed by atoms with Crippen molar-refractivity contribution in [1.82, 2.24) is 0 Å². The van der Waals surface area contributed by atoms with Crippen molar-refractivity contribution in [2.75, 3.05) is 7.11 Å². The Hall–Kier alpha value is -2.72. The summed E-state index contributed by atoms with van der Waals surface area (Å²) in [5.74, 6) is 2.39. The molecule has 1 heterocycles. The highest BCUT2D eigenvalue weighted by Crippen LogP contribution is 2.38. The summed E-state index contributed by atoms with van der Waals surface area (Å²) in [6.07, 6.45) is 0. The zero-order valence-corrected chi connectivity index (χ0v) is 16.7. The van der Waals surface area contributed by atoms with Crippen molar-refractivity contribution in [2.24, 2.45) is 0 Å². The third-order valence-corrected chi connectivity index (χ3v) is 5.26. The molecule has 27 heavy (non-hydrogen) atoms. The van der Waals surface area contributed by atoms with E-state index in [1.54, 1.807) is 7.11 Å². The first-order valence-electron chi connectivity index (χ1n) is 8.70. The molecule has 0 aliphatic rings. The molecule has 0 bridgehead atoms. The Morgan fingerprint density at radius 3 is 2.30 bits per heavy atom. The number of ether oxygens (including phenoxy) is 2. The lowest BCUT2D eigenvalue weighted by atomic mass is 10.1. The molecule has 136 valence electrons. The Labute approximate surface area is 166 Å². The summed E-state index contributed by atoms with van der Waals surface area (Å²) in [6, 6.07) is 22.3. The molecule has 0 fully saturated rings. The second kappa shape index (κ2) is 7.49. The number of hydrogen-bond donors (Lipinski definition) is 0. The summed E-state index contributed by atoms with van der Waals surface area (Å²) < 4.78 is 18.4. The van der Waals surface area contributed by atoms with Crippen LogP contribution in [0.3, 0.4) is 0 Å². The van der Waals surface area contributed by atoms with E-state index in [4.69, 9.17) is 13.9 Å². The number of furan rings is 1. The molecule has 0 unspecified atom stereocenters. The topological polar surface area (TPSA) is 31.6 Å². The van der Waals surface area contributed by atoms with Gasteiger partial charge in [-0.05, 0) is 58.2 Å². The first-order valence-corrected chi connectivity index (χ1v) is 9.49. The number of benzene rings is 3. The van der Waals surface area contributed by atoms with E-state index >= 15 is 0 Å². The molecule has 4 rings (SSSR count). The third kappa shape index (κ3) is 3.45. The fourth-order valence-corrected chi connectivity index (χ4v) is 3.68. The highest BCUT2D eigenvalue weighted by Gasteiger charge is 2.17. The molecule has 0 saturated carbocycles. The second-order valence-corrected chi connectivity index (χ2v) is 7.14. The van der Waals surface area contributed by atoms with Gasteiger partial charge in [0.25, 0.3) is 0 Å². The van der Waals surface area contributed by atoms with Gasteiger partial charge in [-0.3, -0.25) is 0 Å². The van der Waals surface area contributed by atoms with E-state index in [-0.39, 0.29) is 0 Å². The van der Waals surface area contributed by atoms with Crippen LogP contribution in [0.5, 0.6) is 11.5 Å². The van der Waals surface area contributed by atoms with Crippen molar-refractivity contribution in [1.29, 1.82) is 0 Å². The molecule has 0 N–H and O–H groups in total. The van der Waals surface area contributed by atoms with Crippen molar-refractivity contribution in [3.05, 3.63) is 82.5 Å². The van der Waals surface area contributed by atoms with Crippen LogP contribution < -0.4 is 9.47 Å². The molecule has 4 aromatic rings. The van der Waals surface area contributed by atoms with Gasteiger partial charge < -0.3 is 13.9 Å². The second-order valence-electron chi connectivity index (χ2n) is 6.28. The minimum atomic E-state index is 0.367. The molecular formula is C23H19BrO3. The summed E-state index contributed by atoms with van der Waals surface area (Å²) in [4.78, 5) is 0. The van der Waals surface area contributed by atoms with E-state index in [0.29, 0.717) is 6.61 Å². The number of fused-ring (bicyclic) bond motifs is 1. The predicted octanol–water partition coefficient (Wildman–Crippen LogP) is 6.76. The summed E-state index contributed by atoms with van der Waals surface area (Å²) in [6.45, 7) is 2.39. The van der Waals surface area contributed by atoms with Crippen LogP contribution in [0.25, 0.3) is 22.1 Å². The molecule has 0 aliphatic heterocycles. The third-order valence-electron chi connectivity index (χ3n) is 4.63. The number of methoxy groups -OCH3 is 1. The van der Waals surface area contributed by atoms with Crippen LogP contribution in [0, 0.1) is 6.92 Å². The quantitative estimate of drug-likeness (QED) is 0.356. The summed E-state index contributed by atoms with van der Waals surface area (Å²) >= 11 is 3.52. The first kappa shape index (κ1) is 17.7. The molecule has 0 radical (unpaired) electrons. The van der Waals surface area contributed by atoms with E-state index in [0.717, 1.165) is 43.8 Å². The lowest BCUT2D eigenvalue weighted by molar-refractivity contribution is 0.273. The van der Waals surface area contributed by atoms with Gasteiger partial charge in [0.1, 0.15) is 29.4 Å². The zero-order valence-electron chi connectivity index (χ0n) is 15.2. The SMILES string of the molecule is COc1c(Br)ccc2oc(COc3ccc(-c4ccccc4)cc3)c(C)c12. The van der Waals surface area contributed by atoms with Gasteiger partial charge in [0.15, 0.2) is 0 Å². The van der Waals surface area contributed by atoms with Gasteiger partial charge in [-0.1, -0.05) is 42.5 Å². The smallest absolute Gasteiger partial charge is 0.146 e. The Bertz CT molecular complexity index is 1070. The Morgan fingerprint density at radius 2 is 1.59 bits per heavy atom.